The number of nitrogens with one attached hydrogen (secondary N) is 2. The Morgan fingerprint density at radius 3 is 2.44 bits per heavy atom. The van der Waals surface area contributed by atoms with Crippen molar-refractivity contribution in [3.8, 4) is 0 Å². The number of ether oxygens (including phenoxy) is 1. The molecule has 1 aliphatic rings. The molecule has 0 bridgehead atoms. The summed E-state index contributed by atoms with van der Waals surface area (Å²) in [7, 11) is 0. The smallest absolute Gasteiger partial charge is 0.234 e. The molecule has 1 heterocycles. The van der Waals surface area contributed by atoms with Gasteiger partial charge in [-0.3, -0.25) is 9.59 Å². The molecule has 1 aliphatic heterocycles. The Kier molecular flexibility index (Phi) is 6.18. The van der Waals surface area contributed by atoms with E-state index in [9.17, 15) is 9.59 Å². The van der Waals surface area contributed by atoms with E-state index in [1.807, 2.05) is 0 Å². The molecule has 0 saturated carbocycles. The van der Waals surface area contributed by atoms with Gasteiger partial charge in [0.2, 0.25) is 11.8 Å². The van der Waals surface area contributed by atoms with Crippen molar-refractivity contribution in [3.05, 3.63) is 0 Å². The van der Waals surface area contributed by atoms with Crippen LogP contribution in [0, 0.1) is 5.92 Å². The zero-order valence-electron chi connectivity index (χ0n) is 9.13. The lowest BCUT2D eigenvalue weighted by Crippen LogP contribution is -2.39. The highest BCUT2D eigenvalue weighted by Gasteiger charge is 2.20. The Bertz CT molecular complexity index is 242. The van der Waals surface area contributed by atoms with E-state index in [0.29, 0.717) is 26.3 Å². The fraction of sp³-hybridized carbons (Fsp3) is 0.800. The average molecular weight is 249 g/mol. The lowest BCUT2D eigenvalue weighted by atomic mass is 9.99. The molecule has 0 spiro atoms. The number of hydrogen-bond acceptors (Lipinski definition) is 3. The van der Waals surface area contributed by atoms with Gasteiger partial charge < -0.3 is 15.4 Å². The van der Waals surface area contributed by atoms with Gasteiger partial charge >= 0.3 is 0 Å². The van der Waals surface area contributed by atoms with Crippen molar-refractivity contribution in [2.45, 2.75) is 12.8 Å². The molecule has 0 aromatic rings. The molecule has 16 heavy (non-hydrogen) atoms. The summed E-state index contributed by atoms with van der Waals surface area (Å²) < 4.78 is 5.17. The van der Waals surface area contributed by atoms with Gasteiger partial charge in [0.25, 0.3) is 0 Å². The molecule has 0 atom stereocenters. The first-order valence-electron chi connectivity index (χ1n) is 5.42. The summed E-state index contributed by atoms with van der Waals surface area (Å²) >= 11 is 5.30. The van der Waals surface area contributed by atoms with Crippen LogP contribution in [0.25, 0.3) is 0 Å². The number of rotatable bonds is 5. The van der Waals surface area contributed by atoms with Crippen LogP contribution in [0.5, 0.6) is 0 Å². The third-order valence-corrected chi connectivity index (χ3v) is 2.70. The first kappa shape index (κ1) is 13.3. The van der Waals surface area contributed by atoms with Crippen LogP contribution in [0.2, 0.25) is 0 Å². The second kappa shape index (κ2) is 7.46. The average Bonchev–Trinajstić information content (AvgIpc) is 2.35. The molecule has 2 amide bonds. The molecule has 0 aromatic carbocycles. The minimum absolute atomic E-state index is 0.0448. The maximum absolute atomic E-state index is 11.6. The maximum atomic E-state index is 11.6. The molecule has 0 aliphatic carbocycles. The largest absolute Gasteiger partial charge is 0.381 e. The summed E-state index contributed by atoms with van der Waals surface area (Å²) in [6.45, 7) is 2.17. The van der Waals surface area contributed by atoms with Gasteiger partial charge in [-0.05, 0) is 12.8 Å². The number of amides is 2. The summed E-state index contributed by atoms with van der Waals surface area (Å²) in [5.41, 5.74) is 0. The second-order valence-corrected chi connectivity index (χ2v) is 3.93. The molecule has 5 nitrogen and oxygen atoms in total. The molecule has 1 saturated heterocycles. The third kappa shape index (κ3) is 4.81. The van der Waals surface area contributed by atoms with Crippen LogP contribution in [-0.4, -0.2) is 44.0 Å². The quantitative estimate of drug-likeness (QED) is 0.527. The molecule has 0 radical (unpaired) electrons. The van der Waals surface area contributed by atoms with Gasteiger partial charge in [-0.25, -0.2) is 0 Å². The van der Waals surface area contributed by atoms with Crippen molar-refractivity contribution < 1.29 is 14.3 Å². The van der Waals surface area contributed by atoms with Crippen LogP contribution in [0.4, 0.5) is 0 Å². The van der Waals surface area contributed by atoms with Crippen LogP contribution < -0.4 is 10.6 Å². The number of carbonyl (C=O) groups is 2. The third-order valence-electron chi connectivity index (χ3n) is 2.46. The fourth-order valence-electron chi connectivity index (χ4n) is 1.54. The zero-order valence-corrected chi connectivity index (χ0v) is 9.89. The van der Waals surface area contributed by atoms with Crippen molar-refractivity contribution >= 4 is 23.4 Å². The number of alkyl halides is 1. The molecule has 6 heteroatoms. The molecular formula is C10H17ClN2O3. The van der Waals surface area contributed by atoms with Crippen LogP contribution >= 0.6 is 11.6 Å². The highest BCUT2D eigenvalue weighted by molar-refractivity contribution is 6.27. The number of halogens is 1. The van der Waals surface area contributed by atoms with Crippen LogP contribution in [-0.2, 0) is 14.3 Å². The lowest BCUT2D eigenvalue weighted by molar-refractivity contribution is -0.128. The number of carbonyl (C=O) groups excluding carboxylic acids is 2. The Morgan fingerprint density at radius 1 is 1.19 bits per heavy atom. The van der Waals surface area contributed by atoms with E-state index < -0.39 is 0 Å². The van der Waals surface area contributed by atoms with Gasteiger partial charge in [-0.15, -0.1) is 11.6 Å². The monoisotopic (exact) mass is 248 g/mol. The Labute approximate surface area is 99.9 Å². The zero-order chi connectivity index (χ0) is 11.8. The Morgan fingerprint density at radius 2 is 1.81 bits per heavy atom. The summed E-state index contributed by atoms with van der Waals surface area (Å²) in [6.07, 6.45) is 1.56. The second-order valence-electron chi connectivity index (χ2n) is 3.66. The van der Waals surface area contributed by atoms with Crippen molar-refractivity contribution in [1.29, 1.82) is 0 Å². The summed E-state index contributed by atoms with van der Waals surface area (Å²) in [5, 5.41) is 5.36. The van der Waals surface area contributed by atoms with Crippen LogP contribution in [0.15, 0.2) is 0 Å². The molecule has 92 valence electrons. The topological polar surface area (TPSA) is 67.4 Å². The van der Waals surface area contributed by atoms with Crippen LogP contribution in [0.1, 0.15) is 12.8 Å². The minimum atomic E-state index is -0.220. The van der Waals surface area contributed by atoms with Gasteiger partial charge in [-0.1, -0.05) is 0 Å². The molecular weight excluding hydrogens is 232 g/mol. The highest BCUT2D eigenvalue weighted by Crippen LogP contribution is 2.14. The Balaban J connectivity index is 2.07. The predicted molar refractivity (Wildman–Crippen MR) is 60.3 cm³/mol. The van der Waals surface area contributed by atoms with Crippen molar-refractivity contribution in [2.24, 2.45) is 5.92 Å². The lowest BCUT2D eigenvalue weighted by Gasteiger charge is -2.21. The van der Waals surface area contributed by atoms with Crippen LogP contribution in [0.3, 0.4) is 0 Å². The maximum Gasteiger partial charge on any atom is 0.234 e. The number of hydrogen-bond donors (Lipinski definition) is 2. The Hall–Kier alpha value is -0.810. The van der Waals surface area contributed by atoms with E-state index in [4.69, 9.17) is 16.3 Å². The van der Waals surface area contributed by atoms with Gasteiger partial charge in [0, 0.05) is 32.2 Å². The van der Waals surface area contributed by atoms with Gasteiger partial charge in [-0.2, -0.15) is 0 Å². The normalized spacial score (nSPS) is 16.8. The summed E-state index contributed by atoms with van der Waals surface area (Å²) in [6, 6.07) is 0. The van der Waals surface area contributed by atoms with E-state index in [1.54, 1.807) is 0 Å². The molecule has 1 fully saturated rings. The minimum Gasteiger partial charge on any atom is -0.381 e. The SMILES string of the molecule is O=C(CCl)NCCNC(=O)C1CCOCC1. The van der Waals surface area contributed by atoms with Crippen molar-refractivity contribution in [3.63, 3.8) is 0 Å². The van der Waals surface area contributed by atoms with Gasteiger partial charge in [0.1, 0.15) is 5.88 Å². The van der Waals surface area contributed by atoms with E-state index in [1.165, 1.54) is 0 Å². The van der Waals surface area contributed by atoms with Crippen molar-refractivity contribution in [1.82, 2.24) is 10.6 Å². The first-order chi connectivity index (χ1) is 7.74. The van der Waals surface area contributed by atoms with E-state index >= 15 is 0 Å². The molecule has 0 unspecified atom stereocenters. The van der Waals surface area contributed by atoms with E-state index in [0.717, 1.165) is 12.8 Å². The predicted octanol–water partition coefficient (Wildman–Crippen LogP) is -0.116. The molecule has 1 rings (SSSR count). The molecule has 0 aromatic heterocycles. The van der Waals surface area contributed by atoms with Gasteiger partial charge in [0.15, 0.2) is 0 Å². The summed E-state index contributed by atoms with van der Waals surface area (Å²) in [4.78, 5) is 22.4. The summed E-state index contributed by atoms with van der Waals surface area (Å²) in [5.74, 6) is -0.170. The first-order valence-corrected chi connectivity index (χ1v) is 5.95. The van der Waals surface area contributed by atoms with Gasteiger partial charge in [0.05, 0.1) is 0 Å². The fourth-order valence-corrected chi connectivity index (χ4v) is 1.63. The van der Waals surface area contributed by atoms with E-state index in [-0.39, 0.29) is 23.6 Å². The standard InChI is InChI=1S/C10H17ClN2O3/c11-7-9(14)12-3-4-13-10(15)8-1-5-16-6-2-8/h8H,1-7H2,(H,12,14)(H,13,15). The van der Waals surface area contributed by atoms with E-state index in [2.05, 4.69) is 10.6 Å². The molecule has 2 N–H and O–H groups in total. The van der Waals surface area contributed by atoms with Crippen molar-refractivity contribution in [2.75, 3.05) is 32.2 Å². The highest BCUT2D eigenvalue weighted by atomic mass is 35.5.